The van der Waals surface area contributed by atoms with Crippen LogP contribution in [0.15, 0.2) is 48.5 Å². The summed E-state index contributed by atoms with van der Waals surface area (Å²) >= 11 is 0. The van der Waals surface area contributed by atoms with Crippen molar-refractivity contribution in [2.24, 2.45) is 0 Å². The Morgan fingerprint density at radius 1 is 1.00 bits per heavy atom. The van der Waals surface area contributed by atoms with Crippen molar-refractivity contribution in [3.63, 3.8) is 0 Å². The van der Waals surface area contributed by atoms with Gasteiger partial charge in [0.15, 0.2) is 0 Å². The predicted molar refractivity (Wildman–Crippen MR) is 80.2 cm³/mol. The molecule has 110 valence electrons. The maximum Gasteiger partial charge on any atom is 0.343 e. The first-order valence-corrected chi connectivity index (χ1v) is 6.82. The number of benzene rings is 2. The molecular formula is C17H18O4. The number of rotatable bonds is 6. The Morgan fingerprint density at radius 3 is 2.38 bits per heavy atom. The van der Waals surface area contributed by atoms with Gasteiger partial charge < -0.3 is 14.2 Å². The average Bonchev–Trinajstić information content (AvgIpc) is 2.54. The molecule has 4 heteroatoms. The molecule has 0 aliphatic carbocycles. The molecule has 0 saturated heterocycles. The minimum Gasteiger partial charge on any atom is -0.497 e. The molecule has 0 amide bonds. The molecule has 0 radical (unpaired) electrons. The van der Waals surface area contributed by atoms with Gasteiger partial charge in [0.2, 0.25) is 0 Å². The van der Waals surface area contributed by atoms with Gasteiger partial charge in [-0.15, -0.1) is 0 Å². The lowest BCUT2D eigenvalue weighted by Crippen LogP contribution is -2.08. The molecule has 0 saturated carbocycles. The van der Waals surface area contributed by atoms with Crippen molar-refractivity contribution in [2.75, 3.05) is 13.7 Å². The van der Waals surface area contributed by atoms with E-state index in [-0.39, 0.29) is 0 Å². The zero-order valence-electron chi connectivity index (χ0n) is 12.2. The Bertz CT molecular complexity index is 590. The van der Waals surface area contributed by atoms with E-state index >= 15 is 0 Å². The number of carbonyl (C=O) groups excluding carboxylic acids is 1. The lowest BCUT2D eigenvalue weighted by molar-refractivity contribution is 0.0734. The Morgan fingerprint density at radius 2 is 1.71 bits per heavy atom. The molecule has 21 heavy (non-hydrogen) atoms. The highest BCUT2D eigenvalue weighted by molar-refractivity contribution is 5.91. The number of hydrogen-bond acceptors (Lipinski definition) is 4. The first kappa shape index (κ1) is 14.9. The molecule has 2 aromatic rings. The Labute approximate surface area is 124 Å². The average molecular weight is 286 g/mol. The summed E-state index contributed by atoms with van der Waals surface area (Å²) in [6.45, 7) is 2.65. The summed E-state index contributed by atoms with van der Waals surface area (Å²) in [6.07, 6.45) is 0.917. The highest BCUT2D eigenvalue weighted by Gasteiger charge is 2.09. The van der Waals surface area contributed by atoms with E-state index in [1.165, 1.54) is 0 Å². The predicted octanol–water partition coefficient (Wildman–Crippen LogP) is 3.70. The molecular weight excluding hydrogens is 268 g/mol. The number of carbonyl (C=O) groups is 1. The van der Waals surface area contributed by atoms with E-state index in [9.17, 15) is 4.79 Å². The van der Waals surface area contributed by atoms with Crippen molar-refractivity contribution in [3.8, 4) is 17.2 Å². The largest absolute Gasteiger partial charge is 0.497 e. The van der Waals surface area contributed by atoms with Crippen molar-refractivity contribution in [2.45, 2.75) is 13.3 Å². The van der Waals surface area contributed by atoms with Gasteiger partial charge in [0, 0.05) is 0 Å². The van der Waals surface area contributed by atoms with Gasteiger partial charge in [-0.25, -0.2) is 4.79 Å². The maximum atomic E-state index is 12.1. The molecule has 0 N–H and O–H groups in total. The van der Waals surface area contributed by atoms with Crippen LogP contribution in [0.2, 0.25) is 0 Å². The standard InChI is InChI=1S/C17H18O4/c1-3-11-20-16-6-4-5-13(12-16)17(18)21-15-9-7-14(19-2)8-10-15/h4-10,12H,3,11H2,1-2H3. The summed E-state index contributed by atoms with van der Waals surface area (Å²) in [5.41, 5.74) is 0.458. The van der Waals surface area contributed by atoms with E-state index in [2.05, 4.69) is 0 Å². The molecule has 0 aliphatic rings. The monoisotopic (exact) mass is 286 g/mol. The zero-order valence-corrected chi connectivity index (χ0v) is 12.2. The molecule has 0 unspecified atom stereocenters. The topological polar surface area (TPSA) is 44.8 Å². The van der Waals surface area contributed by atoms with Crippen LogP contribution in [0.4, 0.5) is 0 Å². The van der Waals surface area contributed by atoms with Gasteiger partial charge in [-0.2, -0.15) is 0 Å². The van der Waals surface area contributed by atoms with Crippen molar-refractivity contribution in [1.29, 1.82) is 0 Å². The second kappa shape index (κ2) is 7.33. The van der Waals surface area contributed by atoms with Gasteiger partial charge >= 0.3 is 5.97 Å². The Balaban J connectivity index is 2.05. The molecule has 4 nitrogen and oxygen atoms in total. The SMILES string of the molecule is CCCOc1cccc(C(=O)Oc2ccc(OC)cc2)c1. The summed E-state index contributed by atoms with van der Waals surface area (Å²) in [6, 6.07) is 13.8. The highest BCUT2D eigenvalue weighted by Crippen LogP contribution is 2.19. The van der Waals surface area contributed by atoms with Gasteiger partial charge in [0.05, 0.1) is 19.3 Å². The number of ether oxygens (including phenoxy) is 3. The fourth-order valence-electron chi connectivity index (χ4n) is 1.74. The van der Waals surface area contributed by atoms with Gasteiger partial charge in [0.1, 0.15) is 17.2 Å². The third kappa shape index (κ3) is 4.24. The van der Waals surface area contributed by atoms with E-state index in [0.717, 1.165) is 6.42 Å². The summed E-state index contributed by atoms with van der Waals surface area (Å²) < 4.78 is 15.9. The quantitative estimate of drug-likeness (QED) is 0.600. The molecule has 0 fully saturated rings. The number of esters is 1. The smallest absolute Gasteiger partial charge is 0.343 e. The molecule has 0 heterocycles. The Hall–Kier alpha value is -2.49. The van der Waals surface area contributed by atoms with Gasteiger partial charge in [-0.05, 0) is 48.9 Å². The van der Waals surface area contributed by atoms with Crippen LogP contribution in [-0.4, -0.2) is 19.7 Å². The maximum absolute atomic E-state index is 12.1. The van der Waals surface area contributed by atoms with Crippen molar-refractivity contribution in [3.05, 3.63) is 54.1 Å². The lowest BCUT2D eigenvalue weighted by Gasteiger charge is -2.08. The zero-order chi connectivity index (χ0) is 15.1. The second-order valence-electron chi connectivity index (χ2n) is 4.44. The minimum atomic E-state index is -0.415. The van der Waals surface area contributed by atoms with Crippen LogP contribution in [-0.2, 0) is 0 Å². The van der Waals surface area contributed by atoms with Gasteiger partial charge in [-0.1, -0.05) is 13.0 Å². The first-order valence-electron chi connectivity index (χ1n) is 6.82. The van der Waals surface area contributed by atoms with Crippen molar-refractivity contribution < 1.29 is 19.0 Å². The van der Waals surface area contributed by atoms with Crippen LogP contribution in [0.25, 0.3) is 0 Å². The summed E-state index contributed by atoms with van der Waals surface area (Å²) in [5, 5.41) is 0. The van der Waals surface area contributed by atoms with E-state index in [1.807, 2.05) is 13.0 Å². The van der Waals surface area contributed by atoms with E-state index in [4.69, 9.17) is 14.2 Å². The molecule has 0 aliphatic heterocycles. The first-order chi connectivity index (χ1) is 10.2. The van der Waals surface area contributed by atoms with Crippen LogP contribution < -0.4 is 14.2 Å². The number of hydrogen-bond donors (Lipinski definition) is 0. The normalized spacial score (nSPS) is 10.0. The van der Waals surface area contributed by atoms with Crippen molar-refractivity contribution >= 4 is 5.97 Å². The molecule has 0 atom stereocenters. The third-order valence-corrected chi connectivity index (χ3v) is 2.81. The number of methoxy groups -OCH3 is 1. The van der Waals surface area contributed by atoms with Crippen LogP contribution in [0, 0.1) is 0 Å². The van der Waals surface area contributed by atoms with Crippen LogP contribution in [0.5, 0.6) is 17.2 Å². The minimum absolute atomic E-state index is 0.415. The van der Waals surface area contributed by atoms with E-state index in [1.54, 1.807) is 49.6 Å². The molecule has 0 spiro atoms. The second-order valence-corrected chi connectivity index (χ2v) is 4.44. The summed E-state index contributed by atoms with van der Waals surface area (Å²) in [4.78, 5) is 12.1. The Kier molecular flexibility index (Phi) is 5.21. The molecule has 2 aromatic carbocycles. The van der Waals surface area contributed by atoms with Crippen LogP contribution in [0.1, 0.15) is 23.7 Å². The molecule has 0 bridgehead atoms. The molecule has 0 aromatic heterocycles. The van der Waals surface area contributed by atoms with Gasteiger partial charge in [-0.3, -0.25) is 0 Å². The third-order valence-electron chi connectivity index (χ3n) is 2.81. The fraction of sp³-hybridized carbons (Fsp3) is 0.235. The highest BCUT2D eigenvalue weighted by atomic mass is 16.5. The van der Waals surface area contributed by atoms with Crippen LogP contribution in [0.3, 0.4) is 0 Å². The van der Waals surface area contributed by atoms with E-state index < -0.39 is 5.97 Å². The van der Waals surface area contributed by atoms with Gasteiger partial charge in [0.25, 0.3) is 0 Å². The van der Waals surface area contributed by atoms with Crippen LogP contribution >= 0.6 is 0 Å². The summed E-state index contributed by atoms with van der Waals surface area (Å²) in [7, 11) is 1.59. The van der Waals surface area contributed by atoms with E-state index in [0.29, 0.717) is 29.4 Å². The summed E-state index contributed by atoms with van der Waals surface area (Å²) in [5.74, 6) is 1.44. The van der Waals surface area contributed by atoms with Crippen molar-refractivity contribution in [1.82, 2.24) is 0 Å². The fourth-order valence-corrected chi connectivity index (χ4v) is 1.74. The molecule has 2 rings (SSSR count). The lowest BCUT2D eigenvalue weighted by atomic mass is 10.2.